The number of rotatable bonds is 6. The number of pyridine rings is 1. The van der Waals surface area contributed by atoms with Crippen LogP contribution in [0.5, 0.6) is 0 Å². The number of aromatic nitrogens is 1. The monoisotopic (exact) mass is 462 g/mol. The molecule has 4 rings (SSSR count). The van der Waals surface area contributed by atoms with Crippen molar-refractivity contribution in [2.45, 2.75) is 31.9 Å². The molecule has 1 amide bonds. The Kier molecular flexibility index (Phi) is 6.21. The molecule has 3 aromatic rings. The van der Waals surface area contributed by atoms with Crippen molar-refractivity contribution in [3.8, 4) is 11.3 Å². The minimum Gasteiger partial charge on any atom is -0.444 e. The van der Waals surface area contributed by atoms with E-state index < -0.39 is 22.2 Å². The maximum atomic E-state index is 12.3. The number of hydrogen-bond acceptors (Lipinski definition) is 7. The fourth-order valence-electron chi connectivity index (χ4n) is 3.59. The smallest absolute Gasteiger partial charge is 0.408 e. The first-order chi connectivity index (χ1) is 16.2. The van der Waals surface area contributed by atoms with Crippen LogP contribution in [-0.4, -0.2) is 34.8 Å². The number of anilines is 2. The van der Waals surface area contributed by atoms with Crippen LogP contribution in [0.15, 0.2) is 66.7 Å². The number of alkyl carbamates (subject to hydrolysis) is 1. The molecule has 1 fully saturated rings. The van der Waals surface area contributed by atoms with Gasteiger partial charge in [0.2, 0.25) is 5.82 Å². The molecule has 0 unspecified atom stereocenters. The lowest BCUT2D eigenvalue weighted by Gasteiger charge is -2.42. The Morgan fingerprint density at radius 2 is 1.74 bits per heavy atom. The zero-order valence-corrected chi connectivity index (χ0v) is 19.2. The van der Waals surface area contributed by atoms with Crippen LogP contribution in [0.25, 0.3) is 11.3 Å². The number of nitrogens with one attached hydrogen (secondary N) is 2. The van der Waals surface area contributed by atoms with Crippen molar-refractivity contribution in [3.63, 3.8) is 0 Å². The molecule has 1 aliphatic rings. The van der Waals surface area contributed by atoms with Crippen molar-refractivity contribution in [2.75, 3.05) is 18.5 Å². The van der Waals surface area contributed by atoms with Crippen molar-refractivity contribution in [2.24, 2.45) is 0 Å². The summed E-state index contributed by atoms with van der Waals surface area (Å²) in [6.07, 6.45) is -0.518. The quantitative estimate of drug-likeness (QED) is 0.384. The van der Waals surface area contributed by atoms with E-state index in [0.717, 1.165) is 11.1 Å². The molecular weight excluding hydrogens is 436 g/mol. The normalized spacial score (nSPS) is 14.6. The second kappa shape index (κ2) is 9.11. The Morgan fingerprint density at radius 3 is 2.29 bits per heavy atom. The summed E-state index contributed by atoms with van der Waals surface area (Å²) in [5.41, 5.74) is 1.53. The summed E-state index contributed by atoms with van der Waals surface area (Å²) in [5, 5.41) is 17.5. The van der Waals surface area contributed by atoms with Crippen LogP contribution in [0.1, 0.15) is 26.3 Å². The Labute approximate surface area is 197 Å². The highest BCUT2D eigenvalue weighted by Crippen LogP contribution is 2.33. The highest BCUT2D eigenvalue weighted by Gasteiger charge is 2.42. The zero-order chi connectivity index (χ0) is 24.3. The van der Waals surface area contributed by atoms with Gasteiger partial charge in [-0.25, -0.2) is 9.78 Å². The predicted octanol–water partition coefficient (Wildman–Crippen LogP) is 5.15. The summed E-state index contributed by atoms with van der Waals surface area (Å²) >= 11 is 0. The lowest BCUT2D eigenvalue weighted by atomic mass is 9.88. The first-order valence-electron chi connectivity index (χ1n) is 10.8. The third-order valence-corrected chi connectivity index (χ3v) is 5.28. The van der Waals surface area contributed by atoms with Crippen LogP contribution in [0.2, 0.25) is 0 Å². The highest BCUT2D eigenvalue weighted by atomic mass is 16.6. The summed E-state index contributed by atoms with van der Waals surface area (Å²) in [7, 11) is 0. The van der Waals surface area contributed by atoms with Gasteiger partial charge < -0.3 is 20.1 Å². The second-order valence-electron chi connectivity index (χ2n) is 9.09. The van der Waals surface area contributed by atoms with Crippen molar-refractivity contribution >= 4 is 23.3 Å². The van der Waals surface area contributed by atoms with Crippen molar-refractivity contribution < 1.29 is 19.2 Å². The Hall–Kier alpha value is -3.98. The third kappa shape index (κ3) is 5.15. The van der Waals surface area contributed by atoms with Gasteiger partial charge in [0, 0.05) is 17.3 Å². The van der Waals surface area contributed by atoms with Gasteiger partial charge in [0.05, 0.1) is 23.8 Å². The molecule has 0 atom stereocenters. The lowest BCUT2D eigenvalue weighted by molar-refractivity contribution is -0.384. The molecule has 1 aromatic heterocycles. The molecule has 0 saturated carbocycles. The van der Waals surface area contributed by atoms with Gasteiger partial charge in [-0.15, -0.1) is 0 Å². The maximum Gasteiger partial charge on any atom is 0.408 e. The number of benzene rings is 2. The van der Waals surface area contributed by atoms with Crippen molar-refractivity contribution in [1.29, 1.82) is 0 Å². The van der Waals surface area contributed by atoms with Crippen molar-refractivity contribution in [1.82, 2.24) is 10.3 Å². The molecule has 2 N–H and O–H groups in total. The minimum absolute atomic E-state index is 0.126. The molecule has 0 aliphatic carbocycles. The van der Waals surface area contributed by atoms with Gasteiger partial charge in [0.25, 0.3) is 0 Å². The van der Waals surface area contributed by atoms with E-state index in [1.807, 2.05) is 42.5 Å². The molecule has 0 radical (unpaired) electrons. The van der Waals surface area contributed by atoms with E-state index in [1.165, 1.54) is 6.07 Å². The first-order valence-corrected chi connectivity index (χ1v) is 10.8. The summed E-state index contributed by atoms with van der Waals surface area (Å²) < 4.78 is 10.8. The number of hydrogen-bond donors (Lipinski definition) is 2. The van der Waals surface area contributed by atoms with Gasteiger partial charge in [-0.1, -0.05) is 42.5 Å². The van der Waals surface area contributed by atoms with E-state index in [1.54, 1.807) is 39.0 Å². The fourth-order valence-corrected chi connectivity index (χ4v) is 3.59. The van der Waals surface area contributed by atoms with E-state index in [2.05, 4.69) is 15.6 Å². The summed E-state index contributed by atoms with van der Waals surface area (Å²) in [6, 6.07) is 19.8. The number of carbonyl (C=O) groups is 1. The van der Waals surface area contributed by atoms with Crippen LogP contribution in [-0.2, 0) is 15.0 Å². The molecule has 1 aliphatic heterocycles. The summed E-state index contributed by atoms with van der Waals surface area (Å²) in [6.45, 7) is 6.06. The molecule has 9 nitrogen and oxygen atoms in total. The minimum atomic E-state index is -0.682. The van der Waals surface area contributed by atoms with Gasteiger partial charge >= 0.3 is 11.8 Å². The van der Waals surface area contributed by atoms with Crippen molar-refractivity contribution in [3.05, 3.63) is 82.4 Å². The number of nitrogens with zero attached hydrogens (tertiary/aromatic N) is 2. The Balaban J connectivity index is 1.55. The van der Waals surface area contributed by atoms with Crippen LogP contribution in [0.3, 0.4) is 0 Å². The van der Waals surface area contributed by atoms with Gasteiger partial charge in [0.1, 0.15) is 11.1 Å². The molecule has 2 heterocycles. The van der Waals surface area contributed by atoms with Gasteiger partial charge in [-0.3, -0.25) is 10.1 Å². The largest absolute Gasteiger partial charge is 0.444 e. The molecule has 0 spiro atoms. The van der Waals surface area contributed by atoms with Gasteiger partial charge in [-0.2, -0.15) is 0 Å². The predicted molar refractivity (Wildman–Crippen MR) is 128 cm³/mol. The van der Waals surface area contributed by atoms with E-state index in [-0.39, 0.29) is 11.5 Å². The molecule has 0 bridgehead atoms. The third-order valence-electron chi connectivity index (χ3n) is 5.28. The van der Waals surface area contributed by atoms with Crippen LogP contribution in [0, 0.1) is 10.1 Å². The van der Waals surface area contributed by atoms with Crippen LogP contribution < -0.4 is 10.6 Å². The van der Waals surface area contributed by atoms with Crippen LogP contribution >= 0.6 is 0 Å². The van der Waals surface area contributed by atoms with Gasteiger partial charge in [-0.05, 0) is 44.5 Å². The van der Waals surface area contributed by atoms with E-state index in [0.29, 0.717) is 24.6 Å². The number of ether oxygens (including phenoxy) is 2. The Morgan fingerprint density at radius 1 is 1.06 bits per heavy atom. The topological polar surface area (TPSA) is 116 Å². The van der Waals surface area contributed by atoms with Crippen LogP contribution in [0.4, 0.5) is 22.0 Å². The average molecular weight is 463 g/mol. The Bertz CT molecular complexity index is 1190. The van der Waals surface area contributed by atoms with E-state index in [4.69, 9.17) is 9.47 Å². The molecule has 2 aromatic carbocycles. The maximum absolute atomic E-state index is 12.3. The number of carbonyl (C=O) groups excluding carboxylic acids is 1. The molecular formula is C25H26N4O5. The zero-order valence-electron chi connectivity index (χ0n) is 19.2. The van der Waals surface area contributed by atoms with Gasteiger partial charge in [0.15, 0.2) is 0 Å². The number of amides is 1. The first kappa shape index (κ1) is 23.2. The summed E-state index contributed by atoms with van der Waals surface area (Å²) in [5.74, 6) is 0.146. The molecule has 176 valence electrons. The highest BCUT2D eigenvalue weighted by molar-refractivity contribution is 5.72. The standard InChI is InChI=1S/C25H26N4O5/c1-24(2,3)34-23(30)28-25(15-33-16-25)18-9-11-19(12-10-18)26-22-21(29(31)32)14-13-20(27-22)17-7-5-4-6-8-17/h4-14H,15-16H2,1-3H3,(H,26,27)(H,28,30). The summed E-state index contributed by atoms with van der Waals surface area (Å²) in [4.78, 5) is 27.9. The fraction of sp³-hybridized carbons (Fsp3) is 0.280. The molecule has 1 saturated heterocycles. The van der Waals surface area contributed by atoms with E-state index >= 15 is 0 Å². The molecule has 9 heteroatoms. The lowest BCUT2D eigenvalue weighted by Crippen LogP contribution is -2.60. The van der Waals surface area contributed by atoms with E-state index in [9.17, 15) is 14.9 Å². The second-order valence-corrected chi connectivity index (χ2v) is 9.09. The average Bonchev–Trinajstić information content (AvgIpc) is 2.76. The number of nitro groups is 1. The molecule has 34 heavy (non-hydrogen) atoms. The SMILES string of the molecule is CC(C)(C)OC(=O)NC1(c2ccc(Nc3nc(-c4ccccc4)ccc3[N+](=O)[O-])cc2)COC1.